The molecule has 0 heterocycles. The molecule has 4 atom stereocenters. The van der Waals surface area contributed by atoms with Crippen LogP contribution in [0.4, 0.5) is 0 Å². The fraction of sp³-hybridized carbons (Fsp3) is 0.786. The first-order valence-corrected chi connectivity index (χ1v) is 6.52. The van der Waals surface area contributed by atoms with Gasteiger partial charge in [0.1, 0.15) is 6.29 Å². The maximum atomic E-state index is 10.3. The second-order valence-electron chi connectivity index (χ2n) is 5.59. The molecule has 0 N–H and O–H groups in total. The standard InChI is InChI=1S/C14H20O/c15-7-2-1-4-10-8-11-9-14(10)13-6-3-5-12(11)13/h4,7,11-14H,1-3,5-6,8-9H2/b10-4-. The van der Waals surface area contributed by atoms with Gasteiger partial charge in [0.05, 0.1) is 0 Å². The first kappa shape index (κ1) is 9.62. The normalized spacial score (nSPS) is 44.9. The maximum absolute atomic E-state index is 10.3. The van der Waals surface area contributed by atoms with Crippen LogP contribution in [0.5, 0.6) is 0 Å². The summed E-state index contributed by atoms with van der Waals surface area (Å²) in [6, 6.07) is 0. The summed E-state index contributed by atoms with van der Waals surface area (Å²) in [5.74, 6) is 4.06. The number of carbonyl (C=O) groups excluding carboxylic acids is 1. The maximum Gasteiger partial charge on any atom is 0.120 e. The van der Waals surface area contributed by atoms with E-state index >= 15 is 0 Å². The van der Waals surface area contributed by atoms with Gasteiger partial charge in [-0.25, -0.2) is 0 Å². The van der Waals surface area contributed by atoms with Crippen LogP contribution < -0.4 is 0 Å². The fourth-order valence-electron chi connectivity index (χ4n) is 4.46. The van der Waals surface area contributed by atoms with E-state index in [0.717, 1.165) is 42.8 Å². The minimum absolute atomic E-state index is 0.717. The average Bonchev–Trinajstić information content (AvgIpc) is 2.89. The molecule has 3 rings (SSSR count). The van der Waals surface area contributed by atoms with Crippen molar-refractivity contribution < 1.29 is 4.79 Å². The molecule has 0 aromatic carbocycles. The first-order valence-electron chi connectivity index (χ1n) is 6.52. The molecule has 0 spiro atoms. The van der Waals surface area contributed by atoms with Gasteiger partial charge in [-0.05, 0) is 55.8 Å². The number of fused-ring (bicyclic) bond motifs is 5. The van der Waals surface area contributed by atoms with Crippen molar-refractivity contribution in [1.29, 1.82) is 0 Å². The summed E-state index contributed by atoms with van der Waals surface area (Å²) in [6.45, 7) is 0. The molecule has 0 amide bonds. The van der Waals surface area contributed by atoms with Crippen molar-refractivity contribution in [2.24, 2.45) is 23.7 Å². The Kier molecular flexibility index (Phi) is 2.42. The second-order valence-corrected chi connectivity index (χ2v) is 5.59. The van der Waals surface area contributed by atoms with Crippen LogP contribution in [0.3, 0.4) is 0 Å². The van der Waals surface area contributed by atoms with Gasteiger partial charge in [0.15, 0.2) is 0 Å². The summed E-state index contributed by atoms with van der Waals surface area (Å²) in [7, 11) is 0. The molecule has 0 aromatic heterocycles. The molecule has 0 radical (unpaired) electrons. The molecule has 2 bridgehead atoms. The summed E-state index contributed by atoms with van der Waals surface area (Å²) in [5.41, 5.74) is 1.71. The Hall–Kier alpha value is -0.590. The third-order valence-electron chi connectivity index (χ3n) is 4.97. The van der Waals surface area contributed by atoms with E-state index in [2.05, 4.69) is 6.08 Å². The number of aldehydes is 1. The van der Waals surface area contributed by atoms with Crippen molar-refractivity contribution in [3.8, 4) is 0 Å². The molecule has 0 saturated heterocycles. The molecule has 1 heteroatoms. The molecule has 3 aliphatic rings. The van der Waals surface area contributed by atoms with Crippen molar-refractivity contribution in [3.63, 3.8) is 0 Å². The highest BCUT2D eigenvalue weighted by molar-refractivity contribution is 5.49. The lowest BCUT2D eigenvalue weighted by atomic mass is 9.79. The van der Waals surface area contributed by atoms with Gasteiger partial charge >= 0.3 is 0 Å². The van der Waals surface area contributed by atoms with Crippen molar-refractivity contribution in [2.45, 2.75) is 44.9 Å². The van der Waals surface area contributed by atoms with Crippen molar-refractivity contribution in [2.75, 3.05) is 0 Å². The predicted octanol–water partition coefficient (Wildman–Crippen LogP) is 3.35. The number of carbonyl (C=O) groups is 1. The molecule has 3 aliphatic carbocycles. The van der Waals surface area contributed by atoms with Crippen LogP contribution in [-0.4, -0.2) is 6.29 Å². The van der Waals surface area contributed by atoms with Gasteiger partial charge in [0.25, 0.3) is 0 Å². The third-order valence-corrected chi connectivity index (χ3v) is 4.97. The van der Waals surface area contributed by atoms with Crippen LogP contribution in [-0.2, 0) is 4.79 Å². The molecule has 0 aliphatic heterocycles. The lowest BCUT2D eigenvalue weighted by Gasteiger charge is -2.26. The molecular formula is C14H20O. The van der Waals surface area contributed by atoms with E-state index in [-0.39, 0.29) is 0 Å². The van der Waals surface area contributed by atoms with Gasteiger partial charge in [-0.1, -0.05) is 18.1 Å². The zero-order chi connectivity index (χ0) is 10.3. The van der Waals surface area contributed by atoms with Crippen LogP contribution in [0, 0.1) is 23.7 Å². The van der Waals surface area contributed by atoms with Crippen molar-refractivity contribution in [1.82, 2.24) is 0 Å². The number of hydrogen-bond acceptors (Lipinski definition) is 1. The zero-order valence-electron chi connectivity index (χ0n) is 9.32. The topological polar surface area (TPSA) is 17.1 Å². The van der Waals surface area contributed by atoms with Crippen LogP contribution in [0.15, 0.2) is 11.6 Å². The number of rotatable bonds is 3. The Morgan fingerprint density at radius 1 is 1.20 bits per heavy atom. The molecule has 1 nitrogen and oxygen atoms in total. The van der Waals surface area contributed by atoms with E-state index < -0.39 is 0 Å². The molecule has 0 aromatic rings. The second kappa shape index (κ2) is 3.77. The Morgan fingerprint density at radius 3 is 2.93 bits per heavy atom. The summed E-state index contributed by atoms with van der Waals surface area (Å²) in [6.07, 6.45) is 12.4. The molecule has 82 valence electrons. The van der Waals surface area contributed by atoms with Gasteiger partial charge < -0.3 is 4.79 Å². The van der Waals surface area contributed by atoms with E-state index in [1.165, 1.54) is 32.1 Å². The molecule has 4 unspecified atom stereocenters. The van der Waals surface area contributed by atoms with Crippen molar-refractivity contribution in [3.05, 3.63) is 11.6 Å². The Bertz CT molecular complexity index is 292. The van der Waals surface area contributed by atoms with Crippen LogP contribution in [0.2, 0.25) is 0 Å². The number of allylic oxidation sites excluding steroid dienone is 2. The largest absolute Gasteiger partial charge is 0.303 e. The van der Waals surface area contributed by atoms with E-state index in [1.807, 2.05) is 0 Å². The van der Waals surface area contributed by atoms with E-state index in [4.69, 9.17) is 0 Å². The Balaban J connectivity index is 1.70. The third kappa shape index (κ3) is 1.47. The average molecular weight is 204 g/mol. The minimum atomic E-state index is 0.717. The highest BCUT2D eigenvalue weighted by Gasteiger charge is 2.51. The smallest absolute Gasteiger partial charge is 0.120 e. The number of hydrogen-bond donors (Lipinski definition) is 0. The minimum Gasteiger partial charge on any atom is -0.303 e. The van der Waals surface area contributed by atoms with Gasteiger partial charge in [-0.3, -0.25) is 0 Å². The zero-order valence-corrected chi connectivity index (χ0v) is 9.32. The fourth-order valence-corrected chi connectivity index (χ4v) is 4.46. The SMILES string of the molecule is O=CCC/C=C1/CC2CC1C1CCCC21. The summed E-state index contributed by atoms with van der Waals surface area (Å²) < 4.78 is 0. The van der Waals surface area contributed by atoms with Gasteiger partial charge in [0.2, 0.25) is 0 Å². The summed E-state index contributed by atoms with van der Waals surface area (Å²) in [4.78, 5) is 10.3. The van der Waals surface area contributed by atoms with Crippen LogP contribution in [0.1, 0.15) is 44.9 Å². The first-order chi connectivity index (χ1) is 7.40. The Morgan fingerprint density at radius 2 is 2.07 bits per heavy atom. The summed E-state index contributed by atoms with van der Waals surface area (Å²) >= 11 is 0. The molecule has 15 heavy (non-hydrogen) atoms. The van der Waals surface area contributed by atoms with Gasteiger partial charge in [-0.15, -0.1) is 0 Å². The highest BCUT2D eigenvalue weighted by Crippen LogP contribution is 2.60. The highest BCUT2D eigenvalue weighted by atomic mass is 16.1. The Labute approximate surface area is 91.9 Å². The monoisotopic (exact) mass is 204 g/mol. The number of unbranched alkanes of at least 4 members (excludes halogenated alkanes) is 1. The van der Waals surface area contributed by atoms with Crippen LogP contribution in [0.25, 0.3) is 0 Å². The molecule has 3 fully saturated rings. The lowest BCUT2D eigenvalue weighted by Crippen LogP contribution is -2.18. The predicted molar refractivity (Wildman–Crippen MR) is 60.4 cm³/mol. The van der Waals surface area contributed by atoms with Gasteiger partial charge in [-0.2, -0.15) is 0 Å². The van der Waals surface area contributed by atoms with E-state index in [0.29, 0.717) is 0 Å². The van der Waals surface area contributed by atoms with Crippen LogP contribution >= 0.6 is 0 Å². The quantitative estimate of drug-likeness (QED) is 0.391. The molecular weight excluding hydrogens is 184 g/mol. The van der Waals surface area contributed by atoms with E-state index in [1.54, 1.807) is 5.57 Å². The van der Waals surface area contributed by atoms with E-state index in [9.17, 15) is 4.79 Å². The van der Waals surface area contributed by atoms with Gasteiger partial charge in [0, 0.05) is 6.42 Å². The van der Waals surface area contributed by atoms with Crippen molar-refractivity contribution >= 4 is 6.29 Å². The summed E-state index contributed by atoms with van der Waals surface area (Å²) in [5, 5.41) is 0. The molecule has 3 saturated carbocycles. The lowest BCUT2D eigenvalue weighted by molar-refractivity contribution is -0.107.